The molecule has 1 fully saturated rings. The molecule has 1 rings (SSSR count). The highest BCUT2D eigenvalue weighted by Gasteiger charge is 2.22. The van der Waals surface area contributed by atoms with Gasteiger partial charge >= 0.3 is 0 Å². The number of hydrogen-bond donors (Lipinski definition) is 1. The van der Waals surface area contributed by atoms with Crippen LogP contribution < -0.4 is 5.73 Å². The van der Waals surface area contributed by atoms with Crippen LogP contribution in [0.15, 0.2) is 0 Å². The van der Waals surface area contributed by atoms with Crippen LogP contribution in [0.2, 0.25) is 0 Å². The van der Waals surface area contributed by atoms with Gasteiger partial charge in [0, 0.05) is 26.1 Å². The Balaban J connectivity index is 2.51. The SMILES string of the molecule is CN1C[C@H](N)CC1=O. The third kappa shape index (κ3) is 0.816. The summed E-state index contributed by atoms with van der Waals surface area (Å²) in [5, 5.41) is 0. The van der Waals surface area contributed by atoms with Crippen molar-refractivity contribution in [3.63, 3.8) is 0 Å². The molecule has 3 nitrogen and oxygen atoms in total. The number of nitrogens with two attached hydrogens (primary N) is 1. The first kappa shape index (κ1) is 5.56. The number of hydrogen-bond acceptors (Lipinski definition) is 2. The maximum Gasteiger partial charge on any atom is 0.223 e. The molecule has 3 heteroatoms. The fourth-order valence-corrected chi connectivity index (χ4v) is 0.898. The van der Waals surface area contributed by atoms with Crippen LogP contribution in [0.3, 0.4) is 0 Å². The van der Waals surface area contributed by atoms with E-state index in [1.807, 2.05) is 0 Å². The summed E-state index contributed by atoms with van der Waals surface area (Å²) in [5.41, 5.74) is 5.45. The van der Waals surface area contributed by atoms with Gasteiger partial charge in [0.05, 0.1) is 0 Å². The van der Waals surface area contributed by atoms with E-state index < -0.39 is 0 Å². The van der Waals surface area contributed by atoms with Gasteiger partial charge in [-0.2, -0.15) is 0 Å². The van der Waals surface area contributed by atoms with Crippen molar-refractivity contribution in [2.75, 3.05) is 13.6 Å². The first-order valence-corrected chi connectivity index (χ1v) is 2.69. The molecule has 0 aliphatic carbocycles. The van der Waals surface area contributed by atoms with Gasteiger partial charge in [-0.3, -0.25) is 4.79 Å². The van der Waals surface area contributed by atoms with Gasteiger partial charge < -0.3 is 10.6 Å². The van der Waals surface area contributed by atoms with Crippen LogP contribution in [0, 0.1) is 0 Å². The molecule has 8 heavy (non-hydrogen) atoms. The van der Waals surface area contributed by atoms with E-state index in [0.29, 0.717) is 6.42 Å². The van der Waals surface area contributed by atoms with Crippen molar-refractivity contribution in [1.82, 2.24) is 4.90 Å². The van der Waals surface area contributed by atoms with E-state index in [4.69, 9.17) is 5.73 Å². The van der Waals surface area contributed by atoms with Gasteiger partial charge in [0.25, 0.3) is 0 Å². The van der Waals surface area contributed by atoms with E-state index in [2.05, 4.69) is 0 Å². The van der Waals surface area contributed by atoms with Crippen molar-refractivity contribution >= 4 is 5.91 Å². The second kappa shape index (κ2) is 1.74. The normalized spacial score (nSPS) is 29.5. The van der Waals surface area contributed by atoms with Gasteiger partial charge in [0.2, 0.25) is 5.91 Å². The van der Waals surface area contributed by atoms with E-state index in [9.17, 15) is 4.79 Å². The standard InChI is InChI=1S/C5H10N2O/c1-7-3-4(6)2-5(7)8/h4H,2-3,6H2,1H3/t4-/m1/s1. The Hall–Kier alpha value is -0.570. The quantitative estimate of drug-likeness (QED) is 0.447. The zero-order valence-corrected chi connectivity index (χ0v) is 4.92. The molecule has 2 N–H and O–H groups in total. The first-order valence-electron chi connectivity index (χ1n) is 2.69. The average Bonchev–Trinajstić information content (AvgIpc) is 1.85. The first-order chi connectivity index (χ1) is 3.70. The molecule has 1 saturated heterocycles. The van der Waals surface area contributed by atoms with Crippen LogP contribution in [0.1, 0.15) is 6.42 Å². The summed E-state index contributed by atoms with van der Waals surface area (Å²) in [6.07, 6.45) is 0.524. The van der Waals surface area contributed by atoms with Crippen molar-refractivity contribution in [2.24, 2.45) is 5.73 Å². The predicted molar refractivity (Wildman–Crippen MR) is 30.2 cm³/mol. The molecule has 0 saturated carbocycles. The maximum absolute atomic E-state index is 10.6. The summed E-state index contributed by atoms with van der Waals surface area (Å²) in [4.78, 5) is 12.3. The molecule has 0 aromatic rings. The topological polar surface area (TPSA) is 46.3 Å². The summed E-state index contributed by atoms with van der Waals surface area (Å²) in [5.74, 6) is 0.164. The third-order valence-corrected chi connectivity index (χ3v) is 1.37. The van der Waals surface area contributed by atoms with Crippen LogP contribution in [-0.2, 0) is 4.79 Å². The van der Waals surface area contributed by atoms with Crippen LogP contribution >= 0.6 is 0 Å². The molecule has 0 spiro atoms. The van der Waals surface area contributed by atoms with E-state index in [0.717, 1.165) is 6.54 Å². The number of carbonyl (C=O) groups excluding carboxylic acids is 1. The van der Waals surface area contributed by atoms with Crippen LogP contribution in [-0.4, -0.2) is 30.4 Å². The number of rotatable bonds is 0. The highest BCUT2D eigenvalue weighted by molar-refractivity contribution is 5.78. The molecule has 0 unspecified atom stereocenters. The van der Waals surface area contributed by atoms with Crippen LogP contribution in [0.5, 0.6) is 0 Å². The Morgan fingerprint density at radius 3 is 2.62 bits per heavy atom. The van der Waals surface area contributed by atoms with Crippen molar-refractivity contribution in [1.29, 1.82) is 0 Å². The molecule has 1 aliphatic rings. The number of amides is 1. The third-order valence-electron chi connectivity index (χ3n) is 1.37. The van der Waals surface area contributed by atoms with Crippen molar-refractivity contribution in [3.8, 4) is 0 Å². The maximum atomic E-state index is 10.6. The zero-order chi connectivity index (χ0) is 6.15. The molecule has 0 bridgehead atoms. The molecule has 0 aromatic carbocycles. The smallest absolute Gasteiger partial charge is 0.223 e. The fraction of sp³-hybridized carbons (Fsp3) is 0.800. The highest BCUT2D eigenvalue weighted by Crippen LogP contribution is 2.04. The van der Waals surface area contributed by atoms with E-state index in [1.165, 1.54) is 0 Å². The number of likely N-dealkylation sites (N-methyl/N-ethyl adjacent to an activating group) is 1. The number of carbonyl (C=O) groups is 1. The van der Waals surface area contributed by atoms with E-state index in [1.54, 1.807) is 11.9 Å². The van der Waals surface area contributed by atoms with Gasteiger partial charge in [-0.15, -0.1) is 0 Å². The van der Waals surface area contributed by atoms with Crippen molar-refractivity contribution in [3.05, 3.63) is 0 Å². The summed E-state index contributed by atoms with van der Waals surface area (Å²) < 4.78 is 0. The molecule has 0 radical (unpaired) electrons. The molecule has 1 heterocycles. The summed E-state index contributed by atoms with van der Waals surface area (Å²) in [7, 11) is 1.77. The van der Waals surface area contributed by atoms with Crippen LogP contribution in [0.25, 0.3) is 0 Å². The van der Waals surface area contributed by atoms with Crippen molar-refractivity contribution < 1.29 is 4.79 Å². The zero-order valence-electron chi connectivity index (χ0n) is 4.92. The van der Waals surface area contributed by atoms with E-state index in [-0.39, 0.29) is 11.9 Å². The summed E-state index contributed by atoms with van der Waals surface area (Å²) in [6.45, 7) is 0.721. The molecule has 1 aliphatic heterocycles. The van der Waals surface area contributed by atoms with Gasteiger partial charge in [-0.05, 0) is 0 Å². The average molecular weight is 114 g/mol. The van der Waals surface area contributed by atoms with Gasteiger partial charge in [-0.1, -0.05) is 0 Å². The monoisotopic (exact) mass is 114 g/mol. The van der Waals surface area contributed by atoms with Crippen LogP contribution in [0.4, 0.5) is 0 Å². The summed E-state index contributed by atoms with van der Waals surface area (Å²) in [6, 6.07) is 0.0764. The van der Waals surface area contributed by atoms with E-state index >= 15 is 0 Å². The second-order valence-electron chi connectivity index (χ2n) is 2.24. The lowest BCUT2D eigenvalue weighted by Gasteiger charge is -2.04. The Kier molecular flexibility index (Phi) is 1.21. The molecular formula is C5H10N2O. The van der Waals surface area contributed by atoms with Gasteiger partial charge in [0.1, 0.15) is 0 Å². The van der Waals surface area contributed by atoms with Gasteiger partial charge in [-0.25, -0.2) is 0 Å². The Morgan fingerprint density at radius 2 is 2.50 bits per heavy atom. The van der Waals surface area contributed by atoms with Crippen molar-refractivity contribution in [2.45, 2.75) is 12.5 Å². The molecular weight excluding hydrogens is 104 g/mol. The Labute approximate surface area is 48.5 Å². The minimum atomic E-state index is 0.0764. The van der Waals surface area contributed by atoms with Gasteiger partial charge in [0.15, 0.2) is 0 Å². The second-order valence-corrected chi connectivity index (χ2v) is 2.24. The minimum Gasteiger partial charge on any atom is -0.344 e. The highest BCUT2D eigenvalue weighted by atomic mass is 16.2. The lowest BCUT2D eigenvalue weighted by atomic mass is 10.3. The molecule has 46 valence electrons. The predicted octanol–water partition coefficient (Wildman–Crippen LogP) is -0.824. The Bertz CT molecular complexity index is 113. The lowest BCUT2D eigenvalue weighted by molar-refractivity contribution is -0.126. The Morgan fingerprint density at radius 1 is 1.88 bits per heavy atom. The number of nitrogens with zero attached hydrogens (tertiary/aromatic N) is 1. The summed E-state index contributed by atoms with van der Waals surface area (Å²) >= 11 is 0. The molecule has 0 aromatic heterocycles. The largest absolute Gasteiger partial charge is 0.344 e. The minimum absolute atomic E-state index is 0.0764. The number of likely N-dealkylation sites (tertiary alicyclic amines) is 1. The fourth-order valence-electron chi connectivity index (χ4n) is 0.898. The molecule has 1 atom stereocenters. The lowest BCUT2D eigenvalue weighted by Crippen LogP contribution is -2.24. The molecule has 1 amide bonds.